The van der Waals surface area contributed by atoms with Gasteiger partial charge in [-0.2, -0.15) is 0 Å². The molecule has 0 aliphatic carbocycles. The van der Waals surface area contributed by atoms with Crippen molar-refractivity contribution >= 4 is 40.6 Å². The molecule has 1 aromatic heterocycles. The first kappa shape index (κ1) is 25.3. The Morgan fingerprint density at radius 1 is 1.08 bits per heavy atom. The lowest BCUT2D eigenvalue weighted by molar-refractivity contribution is -0.122. The molecule has 1 aliphatic rings. The number of amides is 1. The zero-order valence-corrected chi connectivity index (χ0v) is 21.3. The zero-order chi connectivity index (χ0) is 25.7. The average molecular weight is 507 g/mol. The van der Waals surface area contributed by atoms with Gasteiger partial charge in [-0.25, -0.2) is 9.79 Å². The Morgan fingerprint density at radius 3 is 2.56 bits per heavy atom. The van der Waals surface area contributed by atoms with Crippen molar-refractivity contribution in [1.29, 1.82) is 0 Å². The molecule has 8 nitrogen and oxygen atoms in total. The monoisotopic (exact) mass is 506 g/mol. The Kier molecular flexibility index (Phi) is 7.92. The van der Waals surface area contributed by atoms with Crippen LogP contribution >= 0.6 is 11.8 Å². The second kappa shape index (κ2) is 11.3. The first-order chi connectivity index (χ1) is 17.4. The third-order valence-corrected chi connectivity index (χ3v) is 6.54. The van der Waals surface area contributed by atoms with Crippen LogP contribution in [-0.4, -0.2) is 56.4 Å². The lowest BCUT2D eigenvalue weighted by Gasteiger charge is -2.14. The van der Waals surface area contributed by atoms with Crippen molar-refractivity contribution < 1.29 is 28.2 Å². The third-order valence-electron chi connectivity index (χ3n) is 5.53. The molecule has 2 aromatic carbocycles. The first-order valence-corrected chi connectivity index (χ1v) is 12.0. The van der Waals surface area contributed by atoms with E-state index in [-0.39, 0.29) is 5.91 Å². The molecule has 3 aromatic rings. The summed E-state index contributed by atoms with van der Waals surface area (Å²) in [5.41, 5.74) is 2.86. The Hall–Kier alpha value is -3.82. The fraction of sp³-hybridized carbons (Fsp3) is 0.222. The van der Waals surface area contributed by atoms with Crippen molar-refractivity contribution in [1.82, 2.24) is 4.90 Å². The summed E-state index contributed by atoms with van der Waals surface area (Å²) >= 11 is 1.27. The molecular formula is C27H26N2O6S. The number of thioether (sulfide) groups is 1. The summed E-state index contributed by atoms with van der Waals surface area (Å²) in [6, 6.07) is 16.2. The van der Waals surface area contributed by atoms with E-state index >= 15 is 0 Å². The second-order valence-corrected chi connectivity index (χ2v) is 8.89. The summed E-state index contributed by atoms with van der Waals surface area (Å²) in [6.07, 6.45) is 1.70. The molecule has 1 saturated heterocycles. The van der Waals surface area contributed by atoms with Crippen molar-refractivity contribution in [2.75, 3.05) is 34.5 Å². The largest absolute Gasteiger partial charge is 0.497 e. The van der Waals surface area contributed by atoms with Crippen LogP contribution in [0.5, 0.6) is 5.75 Å². The summed E-state index contributed by atoms with van der Waals surface area (Å²) in [4.78, 5) is 31.9. The van der Waals surface area contributed by atoms with Crippen LogP contribution < -0.4 is 4.74 Å². The van der Waals surface area contributed by atoms with E-state index in [1.54, 1.807) is 43.4 Å². The number of nitrogens with zero attached hydrogens (tertiary/aromatic N) is 2. The topological polar surface area (TPSA) is 90.6 Å². The minimum absolute atomic E-state index is 0.175. The van der Waals surface area contributed by atoms with Crippen LogP contribution in [0.4, 0.5) is 5.69 Å². The summed E-state index contributed by atoms with van der Waals surface area (Å²) in [5.74, 6) is 1.24. The molecule has 0 radical (unpaired) electrons. The molecule has 0 saturated carbocycles. The van der Waals surface area contributed by atoms with Gasteiger partial charge >= 0.3 is 5.97 Å². The Labute approximate surface area is 213 Å². The predicted molar refractivity (Wildman–Crippen MR) is 139 cm³/mol. The van der Waals surface area contributed by atoms with Crippen molar-refractivity contribution in [3.8, 4) is 17.1 Å². The van der Waals surface area contributed by atoms with E-state index < -0.39 is 5.97 Å². The van der Waals surface area contributed by atoms with Crippen LogP contribution in [0.3, 0.4) is 0 Å². The van der Waals surface area contributed by atoms with Crippen LogP contribution in [0.1, 0.15) is 21.7 Å². The highest BCUT2D eigenvalue weighted by Gasteiger charge is 2.33. The number of benzene rings is 2. The number of aliphatic imine (C=N–C) groups is 1. The summed E-state index contributed by atoms with van der Waals surface area (Å²) in [7, 11) is 4.54. The van der Waals surface area contributed by atoms with Crippen molar-refractivity contribution in [2.24, 2.45) is 4.99 Å². The predicted octanol–water partition coefficient (Wildman–Crippen LogP) is 5.30. The average Bonchev–Trinajstić information content (AvgIpc) is 3.47. The number of carbonyl (C=O) groups excluding carboxylic acids is 2. The number of amidine groups is 1. The minimum atomic E-state index is -0.419. The number of aryl methyl sites for hydroxylation is 1. The molecule has 0 spiro atoms. The molecule has 9 heteroatoms. The third kappa shape index (κ3) is 5.53. The van der Waals surface area contributed by atoms with Crippen LogP contribution in [0.25, 0.3) is 17.4 Å². The lowest BCUT2D eigenvalue weighted by Crippen LogP contribution is -2.32. The fourth-order valence-electron chi connectivity index (χ4n) is 3.57. The molecular weight excluding hydrogens is 480 g/mol. The van der Waals surface area contributed by atoms with Gasteiger partial charge in [0.15, 0.2) is 5.17 Å². The van der Waals surface area contributed by atoms with E-state index in [1.807, 2.05) is 43.3 Å². The maximum Gasteiger partial charge on any atom is 0.337 e. The Balaban J connectivity index is 1.62. The highest BCUT2D eigenvalue weighted by molar-refractivity contribution is 8.18. The molecule has 0 atom stereocenters. The highest BCUT2D eigenvalue weighted by atomic mass is 32.2. The van der Waals surface area contributed by atoms with Gasteiger partial charge in [0.25, 0.3) is 5.91 Å². The number of ether oxygens (including phenoxy) is 3. The number of carbonyl (C=O) groups is 2. The van der Waals surface area contributed by atoms with Gasteiger partial charge in [0.1, 0.15) is 17.3 Å². The van der Waals surface area contributed by atoms with Gasteiger partial charge in [-0.05, 0) is 72.8 Å². The fourth-order valence-corrected chi connectivity index (χ4v) is 4.58. The van der Waals surface area contributed by atoms with Crippen molar-refractivity contribution in [3.05, 3.63) is 76.4 Å². The van der Waals surface area contributed by atoms with Gasteiger partial charge in [0.2, 0.25) is 0 Å². The smallest absolute Gasteiger partial charge is 0.337 e. The van der Waals surface area contributed by atoms with Crippen LogP contribution in [0.15, 0.2) is 68.9 Å². The quantitative estimate of drug-likeness (QED) is 0.302. The van der Waals surface area contributed by atoms with Gasteiger partial charge in [0.05, 0.1) is 43.5 Å². The van der Waals surface area contributed by atoms with Crippen LogP contribution in [0, 0.1) is 6.92 Å². The Morgan fingerprint density at radius 2 is 1.86 bits per heavy atom. The van der Waals surface area contributed by atoms with E-state index in [2.05, 4.69) is 4.99 Å². The number of rotatable bonds is 8. The SMILES string of the molecule is COCCN1C(=O)/C(=C/c2ccc(-c3cc(C(=O)OC)ccc3C)o2)SC1=Nc1ccc(OC)cc1. The lowest BCUT2D eigenvalue weighted by atomic mass is 10.0. The summed E-state index contributed by atoms with van der Waals surface area (Å²) in [6.45, 7) is 2.68. The number of hydrogen-bond donors (Lipinski definition) is 0. The van der Waals surface area contributed by atoms with Gasteiger partial charge in [0, 0.05) is 18.7 Å². The summed E-state index contributed by atoms with van der Waals surface area (Å²) < 4.78 is 21.2. The second-order valence-electron chi connectivity index (χ2n) is 7.88. The minimum Gasteiger partial charge on any atom is -0.497 e. The van der Waals surface area contributed by atoms with Gasteiger partial charge < -0.3 is 18.6 Å². The highest BCUT2D eigenvalue weighted by Crippen LogP contribution is 2.35. The molecule has 0 bridgehead atoms. The van der Waals surface area contributed by atoms with Crippen molar-refractivity contribution in [2.45, 2.75) is 6.92 Å². The van der Waals surface area contributed by atoms with Crippen molar-refractivity contribution in [3.63, 3.8) is 0 Å². The number of methoxy groups -OCH3 is 3. The molecule has 186 valence electrons. The van der Waals surface area contributed by atoms with E-state index in [0.29, 0.717) is 46.0 Å². The van der Waals surface area contributed by atoms with Gasteiger partial charge in [-0.15, -0.1) is 0 Å². The van der Waals surface area contributed by atoms with E-state index in [4.69, 9.17) is 18.6 Å². The molecule has 4 rings (SSSR count). The molecule has 36 heavy (non-hydrogen) atoms. The van der Waals surface area contributed by atoms with Gasteiger partial charge in [-0.3, -0.25) is 9.69 Å². The number of esters is 1. The summed E-state index contributed by atoms with van der Waals surface area (Å²) in [5, 5.41) is 0.557. The van der Waals surface area contributed by atoms with Gasteiger partial charge in [-0.1, -0.05) is 6.07 Å². The zero-order valence-electron chi connectivity index (χ0n) is 20.4. The van der Waals surface area contributed by atoms with Crippen LogP contribution in [0.2, 0.25) is 0 Å². The van der Waals surface area contributed by atoms with E-state index in [0.717, 1.165) is 16.9 Å². The maximum absolute atomic E-state index is 13.2. The number of hydrogen-bond acceptors (Lipinski definition) is 8. The standard InChI is InChI=1S/C27H26N2O6S/c1-17-5-6-18(26(31)34-4)15-22(17)23-12-11-21(35-23)16-24-25(30)29(13-14-32-2)27(36-24)28-19-7-9-20(33-3)10-8-19/h5-12,15-16H,13-14H2,1-4H3/b24-16-,28-27?. The van der Waals surface area contributed by atoms with Crippen LogP contribution in [-0.2, 0) is 14.3 Å². The molecule has 0 unspecified atom stereocenters. The maximum atomic E-state index is 13.2. The first-order valence-electron chi connectivity index (χ1n) is 11.2. The molecule has 1 amide bonds. The molecule has 1 aliphatic heterocycles. The molecule has 0 N–H and O–H groups in total. The normalized spacial score (nSPS) is 15.7. The van der Waals surface area contributed by atoms with E-state index in [1.165, 1.54) is 18.9 Å². The molecule has 1 fully saturated rings. The van der Waals surface area contributed by atoms with E-state index in [9.17, 15) is 9.59 Å². The Bertz CT molecular complexity index is 1330. The number of furan rings is 1. The molecule has 2 heterocycles.